The second kappa shape index (κ2) is 3.98. The van der Waals surface area contributed by atoms with Crippen LogP contribution in [0.2, 0.25) is 0 Å². The van der Waals surface area contributed by atoms with Gasteiger partial charge in [-0.1, -0.05) is 0 Å². The van der Waals surface area contributed by atoms with E-state index in [-0.39, 0.29) is 20.3 Å². The molecule has 0 radical (unpaired) electrons. The Labute approximate surface area is 102 Å². The van der Waals surface area contributed by atoms with Crippen molar-refractivity contribution in [1.29, 1.82) is 0 Å². The van der Waals surface area contributed by atoms with Crippen molar-refractivity contribution in [2.24, 2.45) is 0 Å². The van der Waals surface area contributed by atoms with E-state index >= 15 is 0 Å². The first-order valence-electron chi connectivity index (χ1n) is 4.78. The fourth-order valence-corrected chi connectivity index (χ4v) is 4.22. The summed E-state index contributed by atoms with van der Waals surface area (Å²) in [5.74, 6) is 0.0891. The van der Waals surface area contributed by atoms with E-state index in [2.05, 4.69) is 4.98 Å². The topological polar surface area (TPSA) is 30.0 Å². The average Bonchev–Trinajstić information content (AvgIpc) is 2.97. The van der Waals surface area contributed by atoms with Gasteiger partial charge in [-0.25, -0.2) is 0 Å². The molecule has 0 amide bonds. The Bertz CT molecular complexity index is 609. The number of benzene rings is 1. The van der Waals surface area contributed by atoms with Crippen LogP contribution in [-0.2, 0) is 0 Å². The molecule has 0 atom stereocenters. The number of carbonyl (C=O) groups excluding carboxylic acids is 1. The number of hydrogen-bond acceptors (Lipinski definition) is 3. The van der Waals surface area contributed by atoms with Crippen molar-refractivity contribution < 1.29 is 4.79 Å². The first kappa shape index (κ1) is 9.97. The van der Waals surface area contributed by atoms with Crippen molar-refractivity contribution in [1.82, 2.24) is 4.98 Å². The van der Waals surface area contributed by atoms with Gasteiger partial charge in [-0.2, -0.15) is 0 Å². The quantitative estimate of drug-likeness (QED) is 0.537. The molecular formula is C12H7NOSSe. The van der Waals surface area contributed by atoms with E-state index in [1.54, 1.807) is 0 Å². The van der Waals surface area contributed by atoms with Gasteiger partial charge in [0.15, 0.2) is 0 Å². The zero-order chi connectivity index (χ0) is 11.0. The van der Waals surface area contributed by atoms with Crippen LogP contribution in [-0.4, -0.2) is 25.3 Å². The van der Waals surface area contributed by atoms with Crippen molar-refractivity contribution >= 4 is 41.4 Å². The predicted molar refractivity (Wildman–Crippen MR) is 66.4 cm³/mol. The fourth-order valence-electron chi connectivity index (χ4n) is 1.48. The molecule has 2 aromatic heterocycles. The maximum absolute atomic E-state index is 12.1. The first-order chi connectivity index (χ1) is 7.84. The van der Waals surface area contributed by atoms with Crippen molar-refractivity contribution in [2.75, 3.05) is 0 Å². The Morgan fingerprint density at radius 3 is 2.81 bits per heavy atom. The van der Waals surface area contributed by atoms with E-state index in [1.165, 1.54) is 15.6 Å². The van der Waals surface area contributed by atoms with Crippen molar-refractivity contribution in [3.8, 4) is 0 Å². The molecule has 0 aliphatic rings. The Morgan fingerprint density at radius 2 is 2.06 bits per heavy atom. The zero-order valence-electron chi connectivity index (χ0n) is 8.21. The van der Waals surface area contributed by atoms with Crippen LogP contribution >= 0.6 is 11.3 Å². The van der Waals surface area contributed by atoms with Gasteiger partial charge in [-0.3, -0.25) is 0 Å². The molecule has 16 heavy (non-hydrogen) atoms. The Morgan fingerprint density at radius 1 is 1.19 bits per heavy atom. The summed E-state index contributed by atoms with van der Waals surface area (Å²) in [6, 6.07) is 11.7. The summed E-state index contributed by atoms with van der Waals surface area (Å²) in [6.45, 7) is 0. The number of nitrogens with zero attached hydrogens (tertiary/aromatic N) is 1. The molecule has 0 spiro atoms. The molecule has 78 valence electrons. The minimum atomic E-state index is 0.0671. The number of rotatable bonds is 2. The normalized spacial score (nSPS) is 10.8. The maximum atomic E-state index is 12.1. The van der Waals surface area contributed by atoms with Gasteiger partial charge >= 0.3 is 102 Å². The number of fused-ring (bicyclic) bond motifs is 1. The second-order valence-electron chi connectivity index (χ2n) is 3.29. The molecule has 0 fully saturated rings. The third kappa shape index (κ3) is 1.65. The number of carbonyl (C=O) groups is 1. The SMILES string of the molecule is O=C(c1cccs1)c1nc2ccccc2[se]1. The third-order valence-electron chi connectivity index (χ3n) is 2.23. The number of para-hydroxylation sites is 1. The molecule has 0 saturated carbocycles. The molecule has 0 N–H and O–H groups in total. The van der Waals surface area contributed by atoms with Crippen molar-refractivity contribution in [3.63, 3.8) is 0 Å². The zero-order valence-corrected chi connectivity index (χ0v) is 10.7. The minimum absolute atomic E-state index is 0.0671. The number of aromatic nitrogens is 1. The van der Waals surface area contributed by atoms with Crippen LogP contribution in [0.15, 0.2) is 41.8 Å². The summed E-state index contributed by atoms with van der Waals surface area (Å²) in [4.78, 5) is 17.3. The van der Waals surface area contributed by atoms with Gasteiger partial charge in [0.2, 0.25) is 0 Å². The molecule has 1 aromatic carbocycles. The van der Waals surface area contributed by atoms with Gasteiger partial charge in [0.25, 0.3) is 0 Å². The number of hydrogen-bond donors (Lipinski definition) is 0. The van der Waals surface area contributed by atoms with Crippen LogP contribution in [0, 0.1) is 0 Å². The van der Waals surface area contributed by atoms with Crippen molar-refractivity contribution in [3.05, 3.63) is 51.2 Å². The third-order valence-corrected chi connectivity index (χ3v) is 5.27. The number of thiophene rings is 1. The summed E-state index contributed by atoms with van der Waals surface area (Å²) >= 11 is 1.54. The monoisotopic (exact) mass is 293 g/mol. The molecule has 0 bridgehead atoms. The summed E-state index contributed by atoms with van der Waals surface area (Å²) < 4.78 is 1.92. The predicted octanol–water partition coefficient (Wildman–Crippen LogP) is 2.58. The molecule has 0 aliphatic heterocycles. The van der Waals surface area contributed by atoms with E-state index in [4.69, 9.17) is 0 Å². The van der Waals surface area contributed by atoms with E-state index in [1.807, 2.05) is 41.8 Å². The van der Waals surface area contributed by atoms with Gasteiger partial charge in [-0.15, -0.1) is 0 Å². The van der Waals surface area contributed by atoms with Crippen LogP contribution in [0.3, 0.4) is 0 Å². The first-order valence-corrected chi connectivity index (χ1v) is 7.37. The van der Waals surface area contributed by atoms with Gasteiger partial charge in [0, 0.05) is 0 Å². The van der Waals surface area contributed by atoms with Gasteiger partial charge in [0.1, 0.15) is 0 Å². The summed E-state index contributed by atoms with van der Waals surface area (Å²) in [5, 5.41) is 1.92. The molecule has 4 heteroatoms. The standard InChI is InChI=1S/C12H7NOSSe/c14-11(9-5-3-7-15-9)12-13-8-4-1-2-6-10(8)16-12/h1-7H. The average molecular weight is 292 g/mol. The van der Waals surface area contributed by atoms with E-state index < -0.39 is 0 Å². The Balaban J connectivity index is 2.10. The molecule has 2 nitrogen and oxygen atoms in total. The van der Waals surface area contributed by atoms with Gasteiger partial charge in [-0.05, 0) is 0 Å². The fraction of sp³-hybridized carbons (Fsp3) is 0. The van der Waals surface area contributed by atoms with Gasteiger partial charge < -0.3 is 0 Å². The molecule has 3 rings (SSSR count). The summed E-state index contributed by atoms with van der Waals surface area (Å²) in [5.41, 5.74) is 0.961. The molecule has 0 unspecified atom stereocenters. The molecule has 3 aromatic rings. The van der Waals surface area contributed by atoms with Crippen LogP contribution in [0.25, 0.3) is 9.78 Å². The molecule has 2 heterocycles. The summed E-state index contributed by atoms with van der Waals surface area (Å²) in [7, 11) is 0. The Kier molecular flexibility index (Phi) is 2.48. The van der Waals surface area contributed by atoms with Crippen LogP contribution < -0.4 is 0 Å². The number of ketones is 1. The van der Waals surface area contributed by atoms with E-state index in [0.717, 1.165) is 15.0 Å². The molecule has 0 aliphatic carbocycles. The summed E-state index contributed by atoms with van der Waals surface area (Å²) in [6.07, 6.45) is 0. The van der Waals surface area contributed by atoms with Crippen LogP contribution in [0.4, 0.5) is 0 Å². The van der Waals surface area contributed by atoms with Crippen molar-refractivity contribution in [2.45, 2.75) is 0 Å². The molecular weight excluding hydrogens is 285 g/mol. The van der Waals surface area contributed by atoms with E-state index in [0.29, 0.717) is 0 Å². The second-order valence-corrected chi connectivity index (χ2v) is 6.40. The van der Waals surface area contributed by atoms with E-state index in [9.17, 15) is 4.79 Å². The van der Waals surface area contributed by atoms with Crippen LogP contribution in [0.1, 0.15) is 14.2 Å². The van der Waals surface area contributed by atoms with Gasteiger partial charge in [0.05, 0.1) is 0 Å². The van der Waals surface area contributed by atoms with Crippen LogP contribution in [0.5, 0.6) is 0 Å². The molecule has 0 saturated heterocycles. The Hall–Kier alpha value is -1.22.